The monoisotopic (exact) mass is 253 g/mol. The highest BCUT2D eigenvalue weighted by Crippen LogP contribution is 2.36. The topological polar surface area (TPSA) is 28.2 Å². The van der Waals surface area contributed by atoms with E-state index >= 15 is 0 Å². The molecule has 1 heterocycles. The molecule has 1 unspecified atom stereocenters. The van der Waals surface area contributed by atoms with Gasteiger partial charge in [-0.3, -0.25) is 0 Å². The molecule has 2 rings (SSSR count). The quantitative estimate of drug-likeness (QED) is 0.874. The van der Waals surface area contributed by atoms with Crippen molar-refractivity contribution in [3.63, 3.8) is 0 Å². The van der Waals surface area contributed by atoms with Crippen molar-refractivity contribution < 1.29 is 0 Å². The molecule has 17 heavy (non-hydrogen) atoms. The summed E-state index contributed by atoms with van der Waals surface area (Å²) >= 11 is 1.89. The molecule has 0 amide bonds. The predicted octanol–water partition coefficient (Wildman–Crippen LogP) is 2.98. The van der Waals surface area contributed by atoms with E-state index in [4.69, 9.17) is 4.98 Å². The van der Waals surface area contributed by atoms with Crippen LogP contribution in [-0.4, -0.2) is 25.1 Å². The van der Waals surface area contributed by atoms with E-state index in [1.54, 1.807) is 0 Å². The van der Waals surface area contributed by atoms with Gasteiger partial charge in [-0.05, 0) is 32.2 Å². The molecule has 1 N–H and O–H groups in total. The molecule has 0 saturated heterocycles. The fourth-order valence-corrected chi connectivity index (χ4v) is 3.60. The average molecular weight is 253 g/mol. The molecule has 1 aliphatic carbocycles. The summed E-state index contributed by atoms with van der Waals surface area (Å²) in [5, 5.41) is 4.75. The van der Waals surface area contributed by atoms with Crippen LogP contribution in [0.2, 0.25) is 0 Å². The first-order valence-electron chi connectivity index (χ1n) is 6.70. The first-order chi connectivity index (χ1) is 8.26. The standard InChI is InChI=1S/C13H23N3S/c1-4-9-16(3)13-15-12-10(14-5-2)7-6-8-11(12)17-13/h10,14H,4-9H2,1-3H3. The molecule has 0 aromatic carbocycles. The van der Waals surface area contributed by atoms with Crippen LogP contribution in [0, 0.1) is 0 Å². The van der Waals surface area contributed by atoms with Crippen LogP contribution in [-0.2, 0) is 6.42 Å². The zero-order valence-electron chi connectivity index (χ0n) is 11.1. The van der Waals surface area contributed by atoms with Crippen LogP contribution >= 0.6 is 11.3 Å². The molecule has 0 bridgehead atoms. The van der Waals surface area contributed by atoms with Crippen LogP contribution in [0.1, 0.15) is 49.7 Å². The molecular weight excluding hydrogens is 230 g/mol. The molecule has 1 aliphatic rings. The van der Waals surface area contributed by atoms with Crippen molar-refractivity contribution in [3.8, 4) is 0 Å². The van der Waals surface area contributed by atoms with Gasteiger partial charge in [-0.1, -0.05) is 13.8 Å². The molecule has 3 nitrogen and oxygen atoms in total. The third-order valence-corrected chi connectivity index (χ3v) is 4.52. The summed E-state index contributed by atoms with van der Waals surface area (Å²) < 4.78 is 0. The molecule has 0 aliphatic heterocycles. The van der Waals surface area contributed by atoms with Gasteiger partial charge in [0.2, 0.25) is 0 Å². The van der Waals surface area contributed by atoms with Gasteiger partial charge in [-0.25, -0.2) is 4.98 Å². The SMILES string of the molecule is CCCN(C)c1nc2c(s1)CCCC2NCC. The Morgan fingerprint density at radius 1 is 1.47 bits per heavy atom. The zero-order valence-corrected chi connectivity index (χ0v) is 11.9. The number of aryl methyl sites for hydroxylation is 1. The summed E-state index contributed by atoms with van der Waals surface area (Å²) in [6.07, 6.45) is 4.93. The smallest absolute Gasteiger partial charge is 0.185 e. The predicted molar refractivity (Wildman–Crippen MR) is 75.0 cm³/mol. The summed E-state index contributed by atoms with van der Waals surface area (Å²) in [4.78, 5) is 8.64. The van der Waals surface area contributed by atoms with Crippen LogP contribution < -0.4 is 10.2 Å². The van der Waals surface area contributed by atoms with Crippen LogP contribution in [0.25, 0.3) is 0 Å². The summed E-state index contributed by atoms with van der Waals surface area (Å²) in [5.74, 6) is 0. The minimum absolute atomic E-state index is 0.490. The van der Waals surface area contributed by atoms with Gasteiger partial charge < -0.3 is 10.2 Å². The van der Waals surface area contributed by atoms with E-state index in [0.29, 0.717) is 6.04 Å². The van der Waals surface area contributed by atoms with E-state index in [2.05, 4.69) is 31.1 Å². The second-order valence-electron chi connectivity index (χ2n) is 4.73. The second-order valence-corrected chi connectivity index (χ2v) is 5.79. The first-order valence-corrected chi connectivity index (χ1v) is 7.52. The minimum atomic E-state index is 0.490. The number of aromatic nitrogens is 1. The van der Waals surface area contributed by atoms with Crippen molar-refractivity contribution in [1.82, 2.24) is 10.3 Å². The largest absolute Gasteiger partial charge is 0.351 e. The lowest BCUT2D eigenvalue weighted by Crippen LogP contribution is -2.25. The molecule has 1 aromatic rings. The highest BCUT2D eigenvalue weighted by Gasteiger charge is 2.24. The Labute approximate surface area is 108 Å². The van der Waals surface area contributed by atoms with Crippen molar-refractivity contribution in [1.29, 1.82) is 0 Å². The van der Waals surface area contributed by atoms with Crippen molar-refractivity contribution in [3.05, 3.63) is 10.6 Å². The highest BCUT2D eigenvalue weighted by molar-refractivity contribution is 7.15. The number of nitrogens with zero attached hydrogens (tertiary/aromatic N) is 2. The van der Waals surface area contributed by atoms with Crippen LogP contribution in [0.15, 0.2) is 0 Å². The Bertz CT molecular complexity index is 362. The summed E-state index contributed by atoms with van der Waals surface area (Å²) in [6.45, 7) is 6.51. The van der Waals surface area contributed by atoms with E-state index < -0.39 is 0 Å². The third-order valence-electron chi connectivity index (χ3n) is 3.28. The maximum absolute atomic E-state index is 4.85. The summed E-state index contributed by atoms with van der Waals surface area (Å²) in [7, 11) is 2.15. The van der Waals surface area contributed by atoms with Crippen LogP contribution in [0.3, 0.4) is 0 Å². The summed E-state index contributed by atoms with van der Waals surface area (Å²) in [6, 6.07) is 0.490. The van der Waals surface area contributed by atoms with E-state index in [1.165, 1.54) is 41.4 Å². The molecule has 1 aromatic heterocycles. The van der Waals surface area contributed by atoms with Gasteiger partial charge in [0, 0.05) is 18.5 Å². The van der Waals surface area contributed by atoms with Gasteiger partial charge in [-0.2, -0.15) is 0 Å². The van der Waals surface area contributed by atoms with Crippen LogP contribution in [0.5, 0.6) is 0 Å². The van der Waals surface area contributed by atoms with Crippen molar-refractivity contribution in [2.45, 2.75) is 45.6 Å². The van der Waals surface area contributed by atoms with Gasteiger partial charge >= 0.3 is 0 Å². The van der Waals surface area contributed by atoms with E-state index in [1.807, 2.05) is 11.3 Å². The van der Waals surface area contributed by atoms with Gasteiger partial charge in [0.15, 0.2) is 5.13 Å². The number of thiazole rings is 1. The van der Waals surface area contributed by atoms with Gasteiger partial charge in [0.1, 0.15) is 0 Å². The highest BCUT2D eigenvalue weighted by atomic mass is 32.1. The lowest BCUT2D eigenvalue weighted by molar-refractivity contribution is 0.465. The van der Waals surface area contributed by atoms with E-state index in [-0.39, 0.29) is 0 Å². The number of fused-ring (bicyclic) bond motifs is 1. The van der Waals surface area contributed by atoms with E-state index in [9.17, 15) is 0 Å². The molecule has 0 saturated carbocycles. The Morgan fingerprint density at radius 2 is 2.29 bits per heavy atom. The molecule has 1 atom stereocenters. The molecule has 0 fully saturated rings. The maximum atomic E-state index is 4.85. The number of anilines is 1. The normalized spacial score (nSPS) is 19.1. The summed E-state index contributed by atoms with van der Waals surface area (Å²) in [5.41, 5.74) is 1.32. The van der Waals surface area contributed by atoms with Crippen molar-refractivity contribution in [2.75, 3.05) is 25.0 Å². The number of hydrogen-bond donors (Lipinski definition) is 1. The van der Waals surface area contributed by atoms with Gasteiger partial charge in [0.05, 0.1) is 11.7 Å². The molecular formula is C13H23N3S. The first kappa shape index (κ1) is 12.8. The molecule has 0 spiro atoms. The zero-order chi connectivity index (χ0) is 12.3. The fraction of sp³-hybridized carbons (Fsp3) is 0.769. The number of hydrogen-bond acceptors (Lipinski definition) is 4. The maximum Gasteiger partial charge on any atom is 0.185 e. The van der Waals surface area contributed by atoms with Crippen molar-refractivity contribution >= 4 is 16.5 Å². The number of rotatable bonds is 5. The molecule has 4 heteroatoms. The lowest BCUT2D eigenvalue weighted by Gasteiger charge is -2.21. The Hall–Kier alpha value is -0.610. The second kappa shape index (κ2) is 5.83. The Kier molecular flexibility index (Phi) is 4.40. The Balaban J connectivity index is 2.18. The molecule has 96 valence electrons. The number of nitrogens with one attached hydrogen (secondary N) is 1. The Morgan fingerprint density at radius 3 is 3.00 bits per heavy atom. The van der Waals surface area contributed by atoms with Crippen LogP contribution in [0.4, 0.5) is 5.13 Å². The van der Waals surface area contributed by atoms with E-state index in [0.717, 1.165) is 13.1 Å². The minimum Gasteiger partial charge on any atom is -0.351 e. The lowest BCUT2D eigenvalue weighted by atomic mass is 9.98. The van der Waals surface area contributed by atoms with Gasteiger partial charge in [-0.15, -0.1) is 11.3 Å². The average Bonchev–Trinajstić information content (AvgIpc) is 2.75. The van der Waals surface area contributed by atoms with Gasteiger partial charge in [0.25, 0.3) is 0 Å². The third kappa shape index (κ3) is 2.80. The molecule has 0 radical (unpaired) electrons. The fourth-order valence-electron chi connectivity index (χ4n) is 2.44. The van der Waals surface area contributed by atoms with Crippen molar-refractivity contribution in [2.24, 2.45) is 0 Å².